The first kappa shape index (κ1) is 18.4. The third kappa shape index (κ3) is 4.18. The van der Waals surface area contributed by atoms with Gasteiger partial charge in [0.2, 0.25) is 5.91 Å². The van der Waals surface area contributed by atoms with E-state index in [-0.39, 0.29) is 11.9 Å². The zero-order chi connectivity index (χ0) is 16.0. The molecule has 122 valence electrons. The standard InChI is InChI=1S/C17H32N2OS/c1-5-10-17(11-6-2,15(18)21)16(20)19-14-9-7-8-12(3)13(14)4/h12-14H,5-11H2,1-4H3,(H2,18,21)(H,19,20). The average molecular weight is 313 g/mol. The van der Waals surface area contributed by atoms with Crippen molar-refractivity contribution >= 4 is 23.1 Å². The number of nitrogens with two attached hydrogens (primary N) is 1. The Morgan fingerprint density at radius 3 is 2.29 bits per heavy atom. The van der Waals surface area contributed by atoms with E-state index in [0.29, 0.717) is 16.8 Å². The summed E-state index contributed by atoms with van der Waals surface area (Å²) in [5.41, 5.74) is 5.33. The van der Waals surface area contributed by atoms with Crippen molar-refractivity contribution in [3.63, 3.8) is 0 Å². The van der Waals surface area contributed by atoms with Gasteiger partial charge in [-0.25, -0.2) is 0 Å². The lowest BCUT2D eigenvalue weighted by Gasteiger charge is -2.38. The van der Waals surface area contributed by atoms with Gasteiger partial charge in [0.15, 0.2) is 0 Å². The van der Waals surface area contributed by atoms with Crippen LogP contribution in [0.3, 0.4) is 0 Å². The fraction of sp³-hybridized carbons (Fsp3) is 0.882. The Labute approximate surface area is 135 Å². The third-order valence-electron chi connectivity index (χ3n) is 5.28. The maximum Gasteiger partial charge on any atom is 0.233 e. The Morgan fingerprint density at radius 2 is 1.81 bits per heavy atom. The molecule has 0 spiro atoms. The van der Waals surface area contributed by atoms with E-state index < -0.39 is 5.41 Å². The maximum atomic E-state index is 12.9. The zero-order valence-electron chi connectivity index (χ0n) is 14.1. The number of amides is 1. The Morgan fingerprint density at radius 1 is 1.24 bits per heavy atom. The molecule has 3 atom stereocenters. The van der Waals surface area contributed by atoms with Gasteiger partial charge in [0, 0.05) is 6.04 Å². The van der Waals surface area contributed by atoms with Gasteiger partial charge < -0.3 is 11.1 Å². The molecule has 21 heavy (non-hydrogen) atoms. The minimum Gasteiger partial charge on any atom is -0.392 e. The molecule has 0 aromatic heterocycles. The molecule has 1 aliphatic carbocycles. The number of carbonyl (C=O) groups excluding carboxylic acids is 1. The molecule has 1 aliphatic rings. The van der Waals surface area contributed by atoms with Crippen LogP contribution in [0.2, 0.25) is 0 Å². The van der Waals surface area contributed by atoms with Crippen molar-refractivity contribution < 1.29 is 4.79 Å². The molecule has 4 heteroatoms. The van der Waals surface area contributed by atoms with Crippen LogP contribution in [0.1, 0.15) is 72.6 Å². The van der Waals surface area contributed by atoms with Crippen LogP contribution in [-0.2, 0) is 4.79 Å². The molecule has 3 nitrogen and oxygen atoms in total. The van der Waals surface area contributed by atoms with E-state index in [1.54, 1.807) is 0 Å². The van der Waals surface area contributed by atoms with Crippen molar-refractivity contribution in [2.45, 2.75) is 78.7 Å². The van der Waals surface area contributed by atoms with Gasteiger partial charge in [-0.15, -0.1) is 0 Å². The smallest absolute Gasteiger partial charge is 0.233 e. The predicted molar refractivity (Wildman–Crippen MR) is 93.1 cm³/mol. The van der Waals surface area contributed by atoms with Crippen LogP contribution in [0.5, 0.6) is 0 Å². The van der Waals surface area contributed by atoms with E-state index >= 15 is 0 Å². The van der Waals surface area contributed by atoms with Gasteiger partial charge in [0.25, 0.3) is 0 Å². The van der Waals surface area contributed by atoms with Crippen molar-refractivity contribution in [1.82, 2.24) is 5.32 Å². The minimum atomic E-state index is -0.654. The molecule has 0 aliphatic heterocycles. The molecule has 0 radical (unpaired) electrons. The Bertz CT molecular complexity index is 364. The molecule has 0 saturated heterocycles. The summed E-state index contributed by atoms with van der Waals surface area (Å²) in [6.07, 6.45) is 6.86. The highest BCUT2D eigenvalue weighted by molar-refractivity contribution is 7.80. The average Bonchev–Trinajstić information content (AvgIpc) is 2.43. The van der Waals surface area contributed by atoms with E-state index in [1.807, 2.05) is 0 Å². The highest BCUT2D eigenvalue weighted by Gasteiger charge is 2.41. The fourth-order valence-electron chi connectivity index (χ4n) is 3.66. The van der Waals surface area contributed by atoms with Crippen molar-refractivity contribution in [3.8, 4) is 0 Å². The topological polar surface area (TPSA) is 55.1 Å². The molecule has 3 N–H and O–H groups in total. The van der Waals surface area contributed by atoms with Gasteiger partial charge in [-0.3, -0.25) is 4.79 Å². The van der Waals surface area contributed by atoms with Gasteiger partial charge in [0.1, 0.15) is 0 Å². The van der Waals surface area contributed by atoms with Gasteiger partial charge >= 0.3 is 0 Å². The first-order chi connectivity index (χ1) is 9.89. The second kappa shape index (κ2) is 8.11. The van der Waals surface area contributed by atoms with Crippen LogP contribution in [0, 0.1) is 17.3 Å². The van der Waals surface area contributed by atoms with Crippen molar-refractivity contribution in [1.29, 1.82) is 0 Å². The third-order valence-corrected chi connectivity index (χ3v) is 5.67. The summed E-state index contributed by atoms with van der Waals surface area (Å²) in [4.78, 5) is 13.3. The normalized spacial score (nSPS) is 26.4. The number of nitrogens with one attached hydrogen (secondary N) is 1. The quantitative estimate of drug-likeness (QED) is 0.703. The number of carbonyl (C=O) groups is 1. The summed E-state index contributed by atoms with van der Waals surface area (Å²) in [5, 5.41) is 3.28. The van der Waals surface area contributed by atoms with E-state index in [2.05, 4.69) is 33.0 Å². The molecule has 1 rings (SSSR count). The van der Waals surface area contributed by atoms with E-state index in [1.165, 1.54) is 12.8 Å². The van der Waals surface area contributed by atoms with Gasteiger partial charge in [-0.1, -0.05) is 65.6 Å². The van der Waals surface area contributed by atoms with E-state index in [0.717, 1.165) is 32.1 Å². The fourth-order valence-corrected chi connectivity index (χ4v) is 3.95. The highest BCUT2D eigenvalue weighted by Crippen LogP contribution is 2.34. The van der Waals surface area contributed by atoms with Gasteiger partial charge in [-0.2, -0.15) is 0 Å². The summed E-state index contributed by atoms with van der Waals surface area (Å²) in [6, 6.07) is 0.267. The lowest BCUT2D eigenvalue weighted by atomic mass is 9.75. The lowest BCUT2D eigenvalue weighted by molar-refractivity contribution is -0.129. The Balaban J connectivity index is 2.87. The van der Waals surface area contributed by atoms with Crippen LogP contribution in [0.25, 0.3) is 0 Å². The van der Waals surface area contributed by atoms with Crippen LogP contribution in [0.4, 0.5) is 0 Å². The maximum absolute atomic E-state index is 12.9. The van der Waals surface area contributed by atoms with Crippen molar-refractivity contribution in [3.05, 3.63) is 0 Å². The SMILES string of the molecule is CCCC(CCC)(C(=O)NC1CCCC(C)C1C)C(N)=S. The van der Waals surface area contributed by atoms with Gasteiger partial charge in [-0.05, 0) is 31.1 Å². The van der Waals surface area contributed by atoms with Crippen molar-refractivity contribution in [2.75, 3.05) is 0 Å². The lowest BCUT2D eigenvalue weighted by Crippen LogP contribution is -2.54. The molecule has 0 bridgehead atoms. The summed E-state index contributed by atoms with van der Waals surface area (Å²) in [7, 11) is 0. The summed E-state index contributed by atoms with van der Waals surface area (Å²) in [5.74, 6) is 1.25. The summed E-state index contributed by atoms with van der Waals surface area (Å²) >= 11 is 5.27. The largest absolute Gasteiger partial charge is 0.392 e. The first-order valence-corrected chi connectivity index (χ1v) is 8.90. The molecular formula is C17H32N2OS. The molecule has 0 aromatic rings. The van der Waals surface area contributed by atoms with Crippen molar-refractivity contribution in [2.24, 2.45) is 23.0 Å². The zero-order valence-corrected chi connectivity index (χ0v) is 14.9. The molecule has 1 saturated carbocycles. The molecule has 0 aromatic carbocycles. The first-order valence-electron chi connectivity index (χ1n) is 8.49. The minimum absolute atomic E-state index is 0.0599. The second-order valence-electron chi connectivity index (χ2n) is 6.79. The van der Waals surface area contributed by atoms with Crippen LogP contribution in [-0.4, -0.2) is 16.9 Å². The number of hydrogen-bond acceptors (Lipinski definition) is 2. The van der Waals surface area contributed by atoms with E-state index in [9.17, 15) is 4.79 Å². The molecular weight excluding hydrogens is 280 g/mol. The number of hydrogen-bond donors (Lipinski definition) is 2. The Kier molecular flexibility index (Phi) is 7.11. The summed E-state index contributed by atoms with van der Waals surface area (Å²) in [6.45, 7) is 8.70. The van der Waals surface area contributed by atoms with E-state index in [4.69, 9.17) is 18.0 Å². The molecule has 3 unspecified atom stereocenters. The highest BCUT2D eigenvalue weighted by atomic mass is 32.1. The monoisotopic (exact) mass is 312 g/mol. The predicted octanol–water partition coefficient (Wildman–Crippen LogP) is 3.80. The summed E-state index contributed by atoms with van der Waals surface area (Å²) < 4.78 is 0. The number of thiocarbonyl (C=S) groups is 1. The Hall–Kier alpha value is -0.640. The number of rotatable bonds is 7. The van der Waals surface area contributed by atoms with Gasteiger partial charge in [0.05, 0.1) is 10.4 Å². The van der Waals surface area contributed by atoms with Crippen LogP contribution < -0.4 is 11.1 Å². The molecule has 1 amide bonds. The molecule has 1 fully saturated rings. The van der Waals surface area contributed by atoms with Crippen LogP contribution >= 0.6 is 12.2 Å². The second-order valence-corrected chi connectivity index (χ2v) is 7.23. The van der Waals surface area contributed by atoms with Crippen LogP contribution in [0.15, 0.2) is 0 Å². The molecule has 0 heterocycles.